The van der Waals surface area contributed by atoms with Crippen molar-refractivity contribution in [1.82, 2.24) is 9.80 Å². The van der Waals surface area contributed by atoms with E-state index in [1.807, 2.05) is 18.7 Å². The van der Waals surface area contributed by atoms with Crippen molar-refractivity contribution in [2.75, 3.05) is 25.9 Å². The van der Waals surface area contributed by atoms with E-state index in [0.29, 0.717) is 30.9 Å². The van der Waals surface area contributed by atoms with Gasteiger partial charge in [-0.3, -0.25) is 9.69 Å². The van der Waals surface area contributed by atoms with Crippen LogP contribution in [0.2, 0.25) is 0 Å². The number of piperazine rings is 1. The summed E-state index contributed by atoms with van der Waals surface area (Å²) in [5.41, 5.74) is 6.09. The van der Waals surface area contributed by atoms with Crippen LogP contribution in [0.3, 0.4) is 0 Å². The average molecular weight is 265 g/mol. The van der Waals surface area contributed by atoms with Crippen molar-refractivity contribution >= 4 is 11.6 Å². The molecule has 1 aromatic rings. The predicted octanol–water partition coefficient (Wildman–Crippen LogP) is 1.46. The zero-order valence-electron chi connectivity index (χ0n) is 11.6. The van der Waals surface area contributed by atoms with Crippen LogP contribution >= 0.6 is 0 Å². The molecule has 1 heterocycles. The second-order valence-electron chi connectivity index (χ2n) is 5.51. The van der Waals surface area contributed by atoms with Gasteiger partial charge in [0, 0.05) is 37.9 Å². The van der Waals surface area contributed by atoms with Gasteiger partial charge in [0.15, 0.2) is 0 Å². The second kappa shape index (κ2) is 4.81. The number of carbonyl (C=O) groups excluding carboxylic acids is 1. The fourth-order valence-corrected chi connectivity index (χ4v) is 2.46. The van der Waals surface area contributed by atoms with Crippen molar-refractivity contribution in [3.8, 4) is 0 Å². The summed E-state index contributed by atoms with van der Waals surface area (Å²) in [5, 5.41) is 0. The summed E-state index contributed by atoms with van der Waals surface area (Å²) in [7, 11) is 1.79. The van der Waals surface area contributed by atoms with Crippen LogP contribution in [0.25, 0.3) is 0 Å². The Morgan fingerprint density at radius 3 is 2.68 bits per heavy atom. The molecular formula is C14H20FN3O. The summed E-state index contributed by atoms with van der Waals surface area (Å²) < 4.78 is 13.8. The van der Waals surface area contributed by atoms with E-state index in [2.05, 4.69) is 0 Å². The quantitative estimate of drug-likeness (QED) is 0.824. The Bertz CT molecular complexity index is 481. The Morgan fingerprint density at radius 2 is 2.05 bits per heavy atom. The van der Waals surface area contributed by atoms with Gasteiger partial charge in [-0.15, -0.1) is 0 Å². The lowest BCUT2D eigenvalue weighted by atomic mass is 9.96. The number of rotatable bonds is 2. The predicted molar refractivity (Wildman–Crippen MR) is 72.9 cm³/mol. The van der Waals surface area contributed by atoms with Gasteiger partial charge in [-0.1, -0.05) is 6.07 Å². The lowest BCUT2D eigenvalue weighted by Gasteiger charge is -2.44. The molecule has 2 rings (SSSR count). The fraction of sp³-hybridized carbons (Fsp3) is 0.500. The lowest BCUT2D eigenvalue weighted by Crippen LogP contribution is -2.61. The molecule has 5 heteroatoms. The minimum atomic E-state index is -0.637. The van der Waals surface area contributed by atoms with Crippen molar-refractivity contribution in [3.63, 3.8) is 0 Å². The Labute approximate surface area is 113 Å². The van der Waals surface area contributed by atoms with E-state index in [-0.39, 0.29) is 11.7 Å². The third-order valence-electron chi connectivity index (χ3n) is 3.87. The van der Waals surface area contributed by atoms with Crippen LogP contribution in [0.4, 0.5) is 10.1 Å². The average Bonchev–Trinajstić information content (AvgIpc) is 2.34. The number of carbonyl (C=O) groups is 1. The maximum Gasteiger partial charge on any atom is 0.242 e. The monoisotopic (exact) mass is 265 g/mol. The molecule has 0 spiro atoms. The first-order valence-corrected chi connectivity index (χ1v) is 6.37. The normalized spacial score (nSPS) is 19.8. The summed E-state index contributed by atoms with van der Waals surface area (Å²) >= 11 is 0. The van der Waals surface area contributed by atoms with Gasteiger partial charge in [-0.05, 0) is 26.0 Å². The summed E-state index contributed by atoms with van der Waals surface area (Å²) in [5.74, 6) is -0.268. The first-order valence-electron chi connectivity index (χ1n) is 6.37. The highest BCUT2D eigenvalue weighted by Crippen LogP contribution is 2.26. The molecule has 1 aliphatic rings. The van der Waals surface area contributed by atoms with Crippen LogP contribution in [0.15, 0.2) is 18.2 Å². The highest BCUT2D eigenvalue weighted by molar-refractivity contribution is 5.86. The number of anilines is 1. The molecule has 0 saturated carbocycles. The number of likely N-dealkylation sites (N-methyl/N-ethyl adjacent to an activating group) is 1. The maximum absolute atomic E-state index is 13.8. The molecule has 0 bridgehead atoms. The second-order valence-corrected chi connectivity index (χ2v) is 5.51. The molecular weight excluding hydrogens is 245 g/mol. The number of hydrogen-bond acceptors (Lipinski definition) is 3. The van der Waals surface area contributed by atoms with Gasteiger partial charge in [0.05, 0.1) is 5.54 Å². The van der Waals surface area contributed by atoms with Crippen molar-refractivity contribution in [2.24, 2.45) is 0 Å². The molecule has 19 heavy (non-hydrogen) atoms. The summed E-state index contributed by atoms with van der Waals surface area (Å²) in [6.07, 6.45) is 0. The minimum Gasteiger partial charge on any atom is -0.398 e. The summed E-state index contributed by atoms with van der Waals surface area (Å²) in [6.45, 7) is 5.44. The number of halogens is 1. The number of nitrogens with zero attached hydrogens (tertiary/aromatic N) is 2. The zero-order chi connectivity index (χ0) is 14.2. The Kier molecular flexibility index (Phi) is 3.49. The van der Waals surface area contributed by atoms with E-state index in [1.165, 1.54) is 6.07 Å². The number of nitrogen functional groups attached to an aromatic ring is 1. The van der Waals surface area contributed by atoms with Gasteiger partial charge < -0.3 is 10.6 Å². The summed E-state index contributed by atoms with van der Waals surface area (Å²) in [6, 6.07) is 4.67. The molecule has 0 unspecified atom stereocenters. The highest BCUT2D eigenvalue weighted by atomic mass is 19.1. The molecule has 1 fully saturated rings. The molecule has 2 N–H and O–H groups in total. The minimum absolute atomic E-state index is 0.0497. The van der Waals surface area contributed by atoms with E-state index in [9.17, 15) is 9.18 Å². The van der Waals surface area contributed by atoms with Gasteiger partial charge >= 0.3 is 0 Å². The van der Waals surface area contributed by atoms with Gasteiger partial charge in [-0.25, -0.2) is 4.39 Å². The lowest BCUT2D eigenvalue weighted by molar-refractivity contribution is -0.147. The van der Waals surface area contributed by atoms with E-state index in [1.54, 1.807) is 24.1 Å². The highest BCUT2D eigenvalue weighted by Gasteiger charge is 2.40. The maximum atomic E-state index is 13.8. The Morgan fingerprint density at radius 1 is 1.37 bits per heavy atom. The number of amides is 1. The first kappa shape index (κ1) is 13.8. The molecule has 0 aliphatic carbocycles. The first-order chi connectivity index (χ1) is 8.84. The molecule has 1 aromatic carbocycles. The molecule has 4 nitrogen and oxygen atoms in total. The summed E-state index contributed by atoms with van der Waals surface area (Å²) in [4.78, 5) is 15.9. The topological polar surface area (TPSA) is 49.6 Å². The number of nitrogens with two attached hydrogens (primary N) is 1. The van der Waals surface area contributed by atoms with Crippen LogP contribution in [-0.2, 0) is 11.3 Å². The van der Waals surface area contributed by atoms with Crippen LogP contribution in [0.1, 0.15) is 19.4 Å². The van der Waals surface area contributed by atoms with Crippen LogP contribution in [-0.4, -0.2) is 41.4 Å². The van der Waals surface area contributed by atoms with Crippen molar-refractivity contribution in [3.05, 3.63) is 29.6 Å². The van der Waals surface area contributed by atoms with Gasteiger partial charge in [-0.2, -0.15) is 0 Å². The van der Waals surface area contributed by atoms with Gasteiger partial charge in [0.25, 0.3) is 0 Å². The van der Waals surface area contributed by atoms with Crippen LogP contribution in [0.5, 0.6) is 0 Å². The molecule has 104 valence electrons. The molecule has 1 aliphatic heterocycles. The van der Waals surface area contributed by atoms with Gasteiger partial charge in [0.1, 0.15) is 5.82 Å². The van der Waals surface area contributed by atoms with Crippen molar-refractivity contribution in [1.29, 1.82) is 0 Å². The van der Waals surface area contributed by atoms with Gasteiger partial charge in [0.2, 0.25) is 5.91 Å². The van der Waals surface area contributed by atoms with E-state index >= 15 is 0 Å². The van der Waals surface area contributed by atoms with E-state index in [0.717, 1.165) is 0 Å². The van der Waals surface area contributed by atoms with Crippen molar-refractivity contribution < 1.29 is 9.18 Å². The smallest absolute Gasteiger partial charge is 0.242 e. The zero-order valence-corrected chi connectivity index (χ0v) is 11.6. The molecule has 0 radical (unpaired) electrons. The third-order valence-corrected chi connectivity index (χ3v) is 3.87. The molecule has 0 aromatic heterocycles. The molecule has 1 amide bonds. The number of hydrogen-bond donors (Lipinski definition) is 1. The van der Waals surface area contributed by atoms with E-state index < -0.39 is 5.54 Å². The largest absolute Gasteiger partial charge is 0.398 e. The Hall–Kier alpha value is -1.62. The Balaban J connectivity index is 2.26. The van der Waals surface area contributed by atoms with Crippen LogP contribution in [0, 0.1) is 5.82 Å². The molecule has 0 atom stereocenters. The standard InChI is InChI=1S/C14H20FN3O/c1-14(2)13(19)17(3)7-8-18(14)9-10-11(15)5-4-6-12(10)16/h4-6H,7-9,16H2,1-3H3. The fourth-order valence-electron chi connectivity index (χ4n) is 2.46. The van der Waals surface area contributed by atoms with Crippen molar-refractivity contribution in [2.45, 2.75) is 25.9 Å². The molecule has 1 saturated heterocycles. The third kappa shape index (κ3) is 2.42. The number of benzene rings is 1. The SMILES string of the molecule is CN1CCN(Cc2c(N)cccc2F)C(C)(C)C1=O. The van der Waals surface area contributed by atoms with E-state index in [4.69, 9.17) is 5.73 Å². The van der Waals surface area contributed by atoms with Crippen LogP contribution < -0.4 is 5.73 Å².